The van der Waals surface area contributed by atoms with Gasteiger partial charge in [0.15, 0.2) is 0 Å². The van der Waals surface area contributed by atoms with E-state index >= 15 is 4.79 Å². The Morgan fingerprint density at radius 1 is 0.761 bits per heavy atom. The number of aliphatic hydroxyl groups excluding tert-OH is 1. The van der Waals surface area contributed by atoms with Crippen LogP contribution in [0.1, 0.15) is 55.7 Å². The fourth-order valence-electron chi connectivity index (χ4n) is 7.88. The molecule has 0 saturated carbocycles. The molecule has 3 aromatic carbocycles. The zero-order valence-electron chi connectivity index (χ0n) is 26.8. The van der Waals surface area contributed by atoms with Gasteiger partial charge < -0.3 is 25.1 Å². The first-order chi connectivity index (χ1) is 22.4. The molecule has 3 fully saturated rings. The van der Waals surface area contributed by atoms with Crippen LogP contribution in [-0.2, 0) is 19.8 Å². The van der Waals surface area contributed by atoms with E-state index in [1.165, 1.54) is 0 Å². The maximum absolute atomic E-state index is 15.2. The fourth-order valence-corrected chi connectivity index (χ4v) is 7.88. The van der Waals surface area contributed by atoms with Gasteiger partial charge in [-0.2, -0.15) is 0 Å². The largest absolute Gasteiger partial charge is 0.391 e. The first-order valence-corrected chi connectivity index (χ1v) is 16.9. The van der Waals surface area contributed by atoms with E-state index in [2.05, 4.69) is 17.1 Å². The van der Waals surface area contributed by atoms with Crippen molar-refractivity contribution in [3.63, 3.8) is 0 Å². The van der Waals surface area contributed by atoms with Crippen molar-refractivity contribution in [1.29, 1.82) is 0 Å². The molecule has 0 aliphatic carbocycles. The van der Waals surface area contributed by atoms with E-state index < -0.39 is 23.6 Å². The zero-order valence-corrected chi connectivity index (χ0v) is 26.8. The number of piperidine rings is 1. The summed E-state index contributed by atoms with van der Waals surface area (Å²) < 4.78 is 0. The van der Waals surface area contributed by atoms with E-state index in [-0.39, 0.29) is 30.7 Å². The average molecular weight is 623 g/mol. The molecule has 8 nitrogen and oxygen atoms in total. The van der Waals surface area contributed by atoms with Crippen molar-refractivity contribution in [2.75, 3.05) is 39.3 Å². The molecular weight excluding hydrogens is 576 g/mol. The van der Waals surface area contributed by atoms with Crippen molar-refractivity contribution < 1.29 is 19.5 Å². The van der Waals surface area contributed by atoms with Crippen molar-refractivity contribution in [3.8, 4) is 0 Å². The lowest BCUT2D eigenvalue weighted by Crippen LogP contribution is -2.56. The molecule has 8 heteroatoms. The summed E-state index contributed by atoms with van der Waals surface area (Å²) in [6, 6.07) is 27.6. The van der Waals surface area contributed by atoms with Crippen LogP contribution in [0.2, 0.25) is 0 Å². The first kappa shape index (κ1) is 32.0. The molecule has 3 amide bonds. The smallest absolute Gasteiger partial charge is 0.246 e. The summed E-state index contributed by atoms with van der Waals surface area (Å²) in [6.07, 6.45) is 2.83. The Hall–Kier alpha value is -4.01. The molecule has 0 unspecified atom stereocenters. The van der Waals surface area contributed by atoms with Crippen molar-refractivity contribution in [2.45, 2.75) is 62.6 Å². The molecular formula is C38H46N4O4. The van der Waals surface area contributed by atoms with E-state index in [4.69, 9.17) is 0 Å². The van der Waals surface area contributed by atoms with Crippen molar-refractivity contribution >= 4 is 17.7 Å². The highest BCUT2D eigenvalue weighted by atomic mass is 16.3. The normalized spacial score (nSPS) is 23.8. The number of hydrogen-bond acceptors (Lipinski definition) is 5. The molecule has 2 N–H and O–H groups in total. The molecule has 3 heterocycles. The molecule has 3 aromatic rings. The molecule has 0 aromatic heterocycles. The summed E-state index contributed by atoms with van der Waals surface area (Å²) in [7, 11) is 0. The van der Waals surface area contributed by atoms with E-state index in [1.54, 1.807) is 9.80 Å². The van der Waals surface area contributed by atoms with Gasteiger partial charge in [-0.3, -0.25) is 14.4 Å². The minimum atomic E-state index is -1.25. The van der Waals surface area contributed by atoms with Crippen LogP contribution in [0.5, 0.6) is 0 Å². The van der Waals surface area contributed by atoms with Crippen LogP contribution in [-0.4, -0.2) is 95.0 Å². The third-order valence-corrected chi connectivity index (χ3v) is 10.2. The second-order valence-corrected chi connectivity index (χ2v) is 13.0. The van der Waals surface area contributed by atoms with E-state index in [9.17, 15) is 14.7 Å². The maximum Gasteiger partial charge on any atom is 0.246 e. The molecule has 0 radical (unpaired) electrons. The molecule has 0 spiro atoms. The quantitative estimate of drug-likeness (QED) is 0.354. The average Bonchev–Trinajstić information content (AvgIpc) is 3.76. The van der Waals surface area contributed by atoms with Crippen molar-refractivity contribution in [2.24, 2.45) is 5.92 Å². The minimum absolute atomic E-state index is 0.0454. The molecule has 4 atom stereocenters. The number of hydrogen-bond donors (Lipinski definition) is 2. The summed E-state index contributed by atoms with van der Waals surface area (Å²) in [6.45, 7) is 6.37. The molecule has 242 valence electrons. The Morgan fingerprint density at radius 3 is 1.89 bits per heavy atom. The molecule has 3 aliphatic heterocycles. The Bertz CT molecular complexity index is 1390. The Morgan fingerprint density at radius 2 is 1.33 bits per heavy atom. The third kappa shape index (κ3) is 6.20. The number of likely N-dealkylation sites (tertiary alicyclic amines) is 3. The van der Waals surface area contributed by atoms with Gasteiger partial charge in [0.25, 0.3) is 0 Å². The minimum Gasteiger partial charge on any atom is -0.391 e. The molecule has 0 bridgehead atoms. The SMILES string of the molecule is CCN1CCC[C@H](CNC(=O)[C@H]2CCCN2C(=O)[C@@H]2C[C@@H](O)CN2C(=O)C(c2ccccc2)(c2ccccc2)c2ccccc2)C1. The van der Waals surface area contributed by atoms with Crippen LogP contribution >= 0.6 is 0 Å². The predicted octanol–water partition coefficient (Wildman–Crippen LogP) is 3.82. The van der Waals surface area contributed by atoms with Crippen LogP contribution < -0.4 is 5.32 Å². The van der Waals surface area contributed by atoms with Crippen LogP contribution in [0.4, 0.5) is 0 Å². The lowest BCUT2D eigenvalue weighted by atomic mass is 9.68. The highest BCUT2D eigenvalue weighted by Gasteiger charge is 2.52. The van der Waals surface area contributed by atoms with Gasteiger partial charge in [0.05, 0.1) is 6.10 Å². The number of nitrogens with one attached hydrogen (secondary N) is 1. The number of carbonyl (C=O) groups excluding carboxylic acids is 3. The second kappa shape index (κ2) is 14.2. The number of nitrogens with zero attached hydrogens (tertiary/aromatic N) is 3. The monoisotopic (exact) mass is 622 g/mol. The van der Waals surface area contributed by atoms with Crippen LogP contribution in [0.15, 0.2) is 91.0 Å². The lowest BCUT2D eigenvalue weighted by molar-refractivity contribution is -0.147. The fraction of sp³-hybridized carbons (Fsp3) is 0.447. The van der Waals surface area contributed by atoms with Gasteiger partial charge in [-0.25, -0.2) is 0 Å². The van der Waals surface area contributed by atoms with Crippen LogP contribution in [0.25, 0.3) is 0 Å². The number of rotatable bonds is 9. The molecule has 46 heavy (non-hydrogen) atoms. The summed E-state index contributed by atoms with van der Waals surface area (Å²) in [5, 5.41) is 14.1. The van der Waals surface area contributed by atoms with Gasteiger partial charge in [0.2, 0.25) is 17.7 Å². The maximum atomic E-state index is 15.2. The highest BCUT2D eigenvalue weighted by molar-refractivity contribution is 6.00. The Balaban J connectivity index is 1.29. The lowest BCUT2D eigenvalue weighted by Gasteiger charge is -2.40. The standard InChI is InChI=1S/C38H46N4O4/c1-2-40-22-12-14-28(26-40)25-39-35(44)33-21-13-23-41(33)36(45)34-24-32(43)27-42(34)37(46)38(29-15-6-3-7-16-29,30-17-8-4-9-18-30)31-19-10-5-11-20-31/h3-11,15-20,28,32-34,43H,2,12-14,21-27H2,1H3,(H,39,44)/t28-,32-,33-,34+/m1/s1. The zero-order chi connectivity index (χ0) is 32.1. The first-order valence-electron chi connectivity index (χ1n) is 16.9. The second-order valence-electron chi connectivity index (χ2n) is 13.0. The summed E-state index contributed by atoms with van der Waals surface area (Å²) in [5.74, 6) is -0.240. The van der Waals surface area contributed by atoms with Gasteiger partial charge in [-0.15, -0.1) is 0 Å². The topological polar surface area (TPSA) is 93.2 Å². The number of benzene rings is 3. The number of carbonyl (C=O) groups is 3. The van der Waals surface area contributed by atoms with Gasteiger partial charge in [0, 0.05) is 32.6 Å². The van der Waals surface area contributed by atoms with Crippen LogP contribution in [0, 0.1) is 5.92 Å². The van der Waals surface area contributed by atoms with Crippen molar-refractivity contribution in [1.82, 2.24) is 20.0 Å². The summed E-state index contributed by atoms with van der Waals surface area (Å²) in [5.41, 5.74) is 1.11. The van der Waals surface area contributed by atoms with Gasteiger partial charge >= 0.3 is 0 Å². The number of aliphatic hydroxyl groups is 1. The third-order valence-electron chi connectivity index (χ3n) is 10.2. The van der Waals surface area contributed by atoms with Gasteiger partial charge in [-0.05, 0) is 61.4 Å². The van der Waals surface area contributed by atoms with E-state index in [0.717, 1.165) is 55.6 Å². The van der Waals surface area contributed by atoms with Crippen LogP contribution in [0.3, 0.4) is 0 Å². The molecule has 3 aliphatic rings. The molecule has 6 rings (SSSR count). The Kier molecular flexibility index (Phi) is 9.85. The summed E-state index contributed by atoms with van der Waals surface area (Å²) in [4.78, 5) is 48.8. The van der Waals surface area contributed by atoms with Gasteiger partial charge in [0.1, 0.15) is 17.5 Å². The van der Waals surface area contributed by atoms with E-state index in [1.807, 2.05) is 91.0 Å². The summed E-state index contributed by atoms with van der Waals surface area (Å²) >= 11 is 0. The number of β-amino-alcohol motifs (C(OH)–C–C–N with tert-alkyl or cyclic N) is 1. The van der Waals surface area contributed by atoms with E-state index in [0.29, 0.717) is 25.4 Å². The van der Waals surface area contributed by atoms with Gasteiger partial charge in [-0.1, -0.05) is 97.9 Å². The van der Waals surface area contributed by atoms with Crippen molar-refractivity contribution in [3.05, 3.63) is 108 Å². The predicted molar refractivity (Wildman–Crippen MR) is 178 cm³/mol. The Labute approximate surface area is 272 Å². The number of amides is 3. The molecule has 3 saturated heterocycles. The highest BCUT2D eigenvalue weighted by Crippen LogP contribution is 2.42.